The van der Waals surface area contributed by atoms with Crippen LogP contribution in [0, 0.1) is 6.92 Å². The second-order valence-corrected chi connectivity index (χ2v) is 10.4. The molecule has 0 aromatic heterocycles. The maximum atomic E-state index is 13.5. The highest BCUT2D eigenvalue weighted by molar-refractivity contribution is 7.89. The summed E-state index contributed by atoms with van der Waals surface area (Å²) in [4.78, 5) is 2.47. The Morgan fingerprint density at radius 2 is 1.68 bits per heavy atom. The number of alkyl halides is 2. The van der Waals surface area contributed by atoms with E-state index in [2.05, 4.69) is 9.64 Å². The monoisotopic (exact) mass is 450 g/mol. The first kappa shape index (κ1) is 22.0. The number of rotatable bonds is 5. The van der Waals surface area contributed by atoms with Gasteiger partial charge in [-0.25, -0.2) is 8.42 Å². The van der Waals surface area contributed by atoms with Crippen LogP contribution in [0.2, 0.25) is 0 Å². The first-order valence-electron chi connectivity index (χ1n) is 10.6. The smallest absolute Gasteiger partial charge is 0.387 e. The van der Waals surface area contributed by atoms with E-state index in [0.29, 0.717) is 23.5 Å². The van der Waals surface area contributed by atoms with Crippen molar-refractivity contribution in [3.63, 3.8) is 0 Å². The number of hydrogen-bond donors (Lipinski definition) is 0. The van der Waals surface area contributed by atoms with E-state index >= 15 is 0 Å². The molecule has 1 fully saturated rings. The lowest BCUT2D eigenvalue weighted by atomic mass is 10.1. The molecule has 2 aliphatic rings. The van der Waals surface area contributed by atoms with Crippen LogP contribution in [0.5, 0.6) is 5.75 Å². The summed E-state index contributed by atoms with van der Waals surface area (Å²) >= 11 is 0. The molecule has 0 radical (unpaired) electrons. The summed E-state index contributed by atoms with van der Waals surface area (Å²) in [6, 6.07) is 10.1. The second-order valence-electron chi connectivity index (χ2n) is 8.55. The number of halogens is 2. The molecule has 2 aromatic carbocycles. The fraction of sp³-hybridized carbons (Fsp3) is 0.478. The quantitative estimate of drug-likeness (QED) is 0.679. The topological polar surface area (TPSA) is 49.9 Å². The van der Waals surface area contributed by atoms with Gasteiger partial charge in [0, 0.05) is 30.9 Å². The van der Waals surface area contributed by atoms with Crippen LogP contribution < -0.4 is 9.64 Å². The molecule has 1 aliphatic carbocycles. The van der Waals surface area contributed by atoms with Crippen LogP contribution in [0.25, 0.3) is 0 Å². The van der Waals surface area contributed by atoms with Gasteiger partial charge in [0.15, 0.2) is 0 Å². The zero-order valence-corrected chi connectivity index (χ0v) is 18.8. The van der Waals surface area contributed by atoms with E-state index in [0.717, 1.165) is 30.5 Å². The molecule has 0 spiro atoms. The molecule has 0 bridgehead atoms. The van der Waals surface area contributed by atoms with Crippen molar-refractivity contribution in [2.75, 3.05) is 18.0 Å². The van der Waals surface area contributed by atoms with E-state index in [1.165, 1.54) is 5.56 Å². The SMILES string of the molecule is Cc1cc(N2CC(C)N(S(=O)(=O)c3ccc4c(c3)CCC4)C(C)C2)ccc1OC(F)F. The Morgan fingerprint density at radius 1 is 1.00 bits per heavy atom. The standard InChI is InChI=1S/C23H28F2N2O3S/c1-15-11-20(8-10-22(15)30-23(24)25)26-13-16(2)27(17(3)14-26)31(28,29)21-9-7-18-5-4-6-19(18)12-21/h7-12,16-17,23H,4-6,13-14H2,1-3H3. The number of anilines is 1. The molecule has 0 saturated carbocycles. The largest absolute Gasteiger partial charge is 0.435 e. The van der Waals surface area contributed by atoms with E-state index in [9.17, 15) is 17.2 Å². The third-order valence-electron chi connectivity index (χ3n) is 6.22. The number of sulfonamides is 1. The zero-order chi connectivity index (χ0) is 22.3. The number of nitrogens with zero attached hydrogens (tertiary/aromatic N) is 2. The molecule has 4 rings (SSSR count). The molecule has 2 atom stereocenters. The highest BCUT2D eigenvalue weighted by atomic mass is 32.2. The van der Waals surface area contributed by atoms with Crippen LogP contribution in [0.15, 0.2) is 41.3 Å². The lowest BCUT2D eigenvalue weighted by Gasteiger charge is -2.44. The summed E-state index contributed by atoms with van der Waals surface area (Å²) in [5, 5.41) is 0. The molecule has 2 unspecified atom stereocenters. The molecule has 1 saturated heterocycles. The van der Waals surface area contributed by atoms with E-state index in [1.54, 1.807) is 29.4 Å². The Kier molecular flexibility index (Phi) is 5.96. The summed E-state index contributed by atoms with van der Waals surface area (Å²) in [6.45, 7) is 3.72. The number of ether oxygens (including phenoxy) is 1. The van der Waals surface area contributed by atoms with E-state index in [4.69, 9.17) is 0 Å². The Bertz CT molecular complexity index is 1060. The molecule has 1 heterocycles. The average molecular weight is 451 g/mol. The molecule has 0 amide bonds. The number of aryl methyl sites for hydroxylation is 3. The van der Waals surface area contributed by atoms with Gasteiger partial charge in [0.25, 0.3) is 0 Å². The molecule has 168 valence electrons. The Hall–Kier alpha value is -2.19. The summed E-state index contributed by atoms with van der Waals surface area (Å²) in [7, 11) is -3.61. The van der Waals surface area contributed by atoms with Gasteiger partial charge in [0.1, 0.15) is 5.75 Å². The minimum absolute atomic E-state index is 0.151. The molecule has 31 heavy (non-hydrogen) atoms. The van der Waals surface area contributed by atoms with Crippen LogP contribution in [0.3, 0.4) is 0 Å². The van der Waals surface area contributed by atoms with Crippen molar-refractivity contribution in [2.24, 2.45) is 0 Å². The van der Waals surface area contributed by atoms with Crippen LogP contribution in [0.4, 0.5) is 14.5 Å². The third-order valence-corrected chi connectivity index (χ3v) is 8.35. The minimum atomic E-state index is -3.61. The third kappa shape index (κ3) is 4.28. The lowest BCUT2D eigenvalue weighted by molar-refractivity contribution is -0.0502. The summed E-state index contributed by atoms with van der Waals surface area (Å²) in [6.07, 6.45) is 3.02. The van der Waals surface area contributed by atoms with Gasteiger partial charge in [-0.2, -0.15) is 13.1 Å². The van der Waals surface area contributed by atoms with Crippen molar-refractivity contribution < 1.29 is 21.9 Å². The zero-order valence-electron chi connectivity index (χ0n) is 18.0. The predicted molar refractivity (Wildman–Crippen MR) is 116 cm³/mol. The predicted octanol–water partition coefficient (Wildman–Crippen LogP) is 4.37. The van der Waals surface area contributed by atoms with Gasteiger partial charge < -0.3 is 9.64 Å². The van der Waals surface area contributed by atoms with Crippen LogP contribution in [0.1, 0.15) is 37.0 Å². The molecular formula is C23H28F2N2O3S. The van der Waals surface area contributed by atoms with E-state index < -0.39 is 16.6 Å². The summed E-state index contributed by atoms with van der Waals surface area (Å²) < 4.78 is 58.2. The molecule has 2 aromatic rings. The maximum absolute atomic E-state index is 13.5. The van der Waals surface area contributed by atoms with E-state index in [1.807, 2.05) is 32.0 Å². The lowest BCUT2D eigenvalue weighted by Crippen LogP contribution is -2.58. The number of fused-ring (bicyclic) bond motifs is 1. The highest BCUT2D eigenvalue weighted by Crippen LogP contribution is 2.32. The first-order valence-corrected chi connectivity index (χ1v) is 12.1. The van der Waals surface area contributed by atoms with Gasteiger partial charge >= 0.3 is 6.61 Å². The average Bonchev–Trinajstić information content (AvgIpc) is 3.16. The first-order chi connectivity index (χ1) is 14.7. The Balaban J connectivity index is 1.55. The van der Waals surface area contributed by atoms with Gasteiger partial charge in [-0.3, -0.25) is 0 Å². The van der Waals surface area contributed by atoms with Crippen LogP contribution in [-0.2, 0) is 22.9 Å². The van der Waals surface area contributed by atoms with Crippen molar-refractivity contribution in [1.29, 1.82) is 0 Å². The Labute approximate surface area is 182 Å². The minimum Gasteiger partial charge on any atom is -0.435 e. The van der Waals surface area contributed by atoms with Gasteiger partial charge in [-0.1, -0.05) is 6.07 Å². The molecular weight excluding hydrogens is 422 g/mol. The number of piperazine rings is 1. The second kappa shape index (κ2) is 8.39. The van der Waals surface area contributed by atoms with Gasteiger partial charge in [0.05, 0.1) is 4.90 Å². The fourth-order valence-electron chi connectivity index (χ4n) is 4.88. The van der Waals surface area contributed by atoms with E-state index in [-0.39, 0.29) is 17.8 Å². The Morgan fingerprint density at radius 3 is 2.32 bits per heavy atom. The fourth-order valence-corrected chi connectivity index (χ4v) is 6.74. The van der Waals surface area contributed by atoms with Crippen molar-refractivity contribution in [3.8, 4) is 5.75 Å². The number of benzene rings is 2. The molecule has 0 N–H and O–H groups in total. The summed E-state index contributed by atoms with van der Waals surface area (Å²) in [5.74, 6) is 0.151. The molecule has 1 aliphatic heterocycles. The molecule has 8 heteroatoms. The van der Waals surface area contributed by atoms with Gasteiger partial charge in [0.2, 0.25) is 10.0 Å². The van der Waals surface area contributed by atoms with Crippen molar-refractivity contribution in [3.05, 3.63) is 53.1 Å². The van der Waals surface area contributed by atoms with Crippen LogP contribution >= 0.6 is 0 Å². The van der Waals surface area contributed by atoms with Gasteiger partial charge in [-0.15, -0.1) is 0 Å². The van der Waals surface area contributed by atoms with Crippen molar-refractivity contribution >= 4 is 15.7 Å². The normalized spacial score (nSPS) is 22.1. The van der Waals surface area contributed by atoms with Gasteiger partial charge in [-0.05, 0) is 87.1 Å². The number of hydrogen-bond acceptors (Lipinski definition) is 4. The van der Waals surface area contributed by atoms with Crippen molar-refractivity contribution in [1.82, 2.24) is 4.31 Å². The summed E-state index contributed by atoms with van der Waals surface area (Å²) in [5.41, 5.74) is 3.87. The highest BCUT2D eigenvalue weighted by Gasteiger charge is 2.39. The maximum Gasteiger partial charge on any atom is 0.387 e. The van der Waals surface area contributed by atoms with Crippen molar-refractivity contribution in [2.45, 2.75) is 63.6 Å². The van der Waals surface area contributed by atoms with Crippen LogP contribution in [-0.4, -0.2) is 44.5 Å². The molecule has 5 nitrogen and oxygen atoms in total.